The second-order valence-corrected chi connectivity index (χ2v) is 4.98. The first-order chi connectivity index (χ1) is 8.93. The van der Waals surface area contributed by atoms with Crippen molar-refractivity contribution in [1.29, 1.82) is 0 Å². The second-order valence-electron chi connectivity index (χ2n) is 4.98. The first-order valence-corrected chi connectivity index (χ1v) is 6.40. The average molecular weight is 273 g/mol. The summed E-state index contributed by atoms with van der Waals surface area (Å²) in [5, 5.41) is 9.09. The number of carbonyl (C=O) groups is 2. The quantitative estimate of drug-likeness (QED) is 0.749. The molecule has 1 aliphatic heterocycles. The Morgan fingerprint density at radius 2 is 2.00 bits per heavy atom. The third-order valence-corrected chi connectivity index (χ3v) is 3.08. The largest absolute Gasteiger partial charge is 0.480 e. The van der Waals surface area contributed by atoms with Crippen LogP contribution < -0.4 is 0 Å². The summed E-state index contributed by atoms with van der Waals surface area (Å²) in [5.74, 6) is -1.02. The molecule has 0 radical (unpaired) electrons. The highest BCUT2D eigenvalue weighted by molar-refractivity contribution is 5.82. The molecule has 1 heterocycles. The maximum atomic E-state index is 12.2. The van der Waals surface area contributed by atoms with Crippen LogP contribution in [0.5, 0.6) is 0 Å². The minimum absolute atomic E-state index is 0.0621. The van der Waals surface area contributed by atoms with Gasteiger partial charge in [0.15, 0.2) is 6.04 Å². The molecule has 0 aromatic carbocycles. The number of nitrogens with zero attached hydrogens (tertiary/aromatic N) is 3. The van der Waals surface area contributed by atoms with Crippen molar-refractivity contribution in [3.63, 3.8) is 0 Å². The number of aliphatic carboxylic acids is 1. The van der Waals surface area contributed by atoms with Gasteiger partial charge in [0.1, 0.15) is 0 Å². The third kappa shape index (κ3) is 4.68. The van der Waals surface area contributed by atoms with E-state index in [2.05, 4.69) is 0 Å². The fourth-order valence-corrected chi connectivity index (χ4v) is 1.98. The molecular formula is C12H23N3O4. The Balaban J connectivity index is 2.51. The summed E-state index contributed by atoms with van der Waals surface area (Å²) in [4.78, 5) is 28.3. The van der Waals surface area contributed by atoms with Crippen molar-refractivity contribution in [2.24, 2.45) is 0 Å². The number of carbonyl (C=O) groups excluding carboxylic acids is 1. The van der Waals surface area contributed by atoms with E-state index in [-0.39, 0.29) is 12.6 Å². The predicted octanol–water partition coefficient (Wildman–Crippen LogP) is -0.225. The van der Waals surface area contributed by atoms with Crippen molar-refractivity contribution >= 4 is 12.0 Å². The molecule has 7 heteroatoms. The zero-order valence-corrected chi connectivity index (χ0v) is 11.8. The summed E-state index contributed by atoms with van der Waals surface area (Å²) < 4.78 is 5.12. The van der Waals surface area contributed by atoms with Crippen molar-refractivity contribution in [3.8, 4) is 0 Å². The van der Waals surface area contributed by atoms with Crippen LogP contribution in [0.25, 0.3) is 0 Å². The summed E-state index contributed by atoms with van der Waals surface area (Å²) in [6, 6.07) is -1.12. The summed E-state index contributed by atoms with van der Waals surface area (Å²) in [5.41, 5.74) is 0. The first-order valence-electron chi connectivity index (χ1n) is 6.40. The van der Waals surface area contributed by atoms with Crippen LogP contribution >= 0.6 is 0 Å². The van der Waals surface area contributed by atoms with Gasteiger partial charge in [0.05, 0.1) is 13.2 Å². The van der Waals surface area contributed by atoms with E-state index in [9.17, 15) is 9.59 Å². The van der Waals surface area contributed by atoms with E-state index in [0.717, 1.165) is 13.0 Å². The minimum atomic E-state index is -1.02. The van der Waals surface area contributed by atoms with E-state index in [1.165, 1.54) is 4.90 Å². The van der Waals surface area contributed by atoms with E-state index in [4.69, 9.17) is 9.84 Å². The Kier molecular flexibility index (Phi) is 6.04. The van der Waals surface area contributed by atoms with Gasteiger partial charge in [-0.3, -0.25) is 0 Å². The van der Waals surface area contributed by atoms with Gasteiger partial charge in [-0.1, -0.05) is 0 Å². The number of morpholine rings is 1. The lowest BCUT2D eigenvalue weighted by Crippen LogP contribution is -2.56. The van der Waals surface area contributed by atoms with Gasteiger partial charge in [0.25, 0.3) is 0 Å². The van der Waals surface area contributed by atoms with Gasteiger partial charge < -0.3 is 24.5 Å². The normalized spacial score (nSPS) is 19.6. The molecule has 1 N–H and O–H groups in total. The van der Waals surface area contributed by atoms with Crippen LogP contribution in [0.4, 0.5) is 4.79 Å². The molecule has 7 nitrogen and oxygen atoms in total. The highest BCUT2D eigenvalue weighted by atomic mass is 16.5. The van der Waals surface area contributed by atoms with Crippen molar-refractivity contribution in [3.05, 3.63) is 0 Å². The Bertz CT molecular complexity index is 322. The minimum Gasteiger partial charge on any atom is -0.480 e. The van der Waals surface area contributed by atoms with E-state index < -0.39 is 12.0 Å². The number of amides is 2. The number of hydrogen-bond acceptors (Lipinski definition) is 4. The van der Waals surface area contributed by atoms with E-state index in [0.29, 0.717) is 19.7 Å². The monoisotopic (exact) mass is 273 g/mol. The van der Waals surface area contributed by atoms with Crippen LogP contribution in [0.2, 0.25) is 0 Å². The third-order valence-electron chi connectivity index (χ3n) is 3.08. The van der Waals surface area contributed by atoms with Gasteiger partial charge in [0, 0.05) is 20.1 Å². The molecule has 0 saturated carbocycles. The van der Waals surface area contributed by atoms with Crippen LogP contribution in [0, 0.1) is 0 Å². The number of ether oxygens (including phenoxy) is 1. The Labute approximate surface area is 113 Å². The van der Waals surface area contributed by atoms with Crippen LogP contribution in [-0.4, -0.2) is 91.8 Å². The summed E-state index contributed by atoms with van der Waals surface area (Å²) >= 11 is 0. The number of carboxylic acid groups (broad SMARTS) is 1. The van der Waals surface area contributed by atoms with Gasteiger partial charge in [-0.2, -0.15) is 0 Å². The number of hydrogen-bond donors (Lipinski definition) is 1. The van der Waals surface area contributed by atoms with Crippen molar-refractivity contribution in [2.45, 2.75) is 12.5 Å². The van der Waals surface area contributed by atoms with Crippen molar-refractivity contribution < 1.29 is 19.4 Å². The zero-order chi connectivity index (χ0) is 14.4. The lowest BCUT2D eigenvalue weighted by Gasteiger charge is -2.35. The summed E-state index contributed by atoms with van der Waals surface area (Å²) in [7, 11) is 5.65. The molecule has 0 bridgehead atoms. The summed E-state index contributed by atoms with van der Waals surface area (Å²) in [6.07, 6.45) is 0.858. The molecule has 1 unspecified atom stereocenters. The molecule has 110 valence electrons. The molecular weight excluding hydrogens is 250 g/mol. The van der Waals surface area contributed by atoms with Crippen LogP contribution in [0.15, 0.2) is 0 Å². The molecule has 0 aromatic rings. The molecule has 2 amide bonds. The fourth-order valence-electron chi connectivity index (χ4n) is 1.98. The molecule has 0 spiro atoms. The Morgan fingerprint density at radius 1 is 1.32 bits per heavy atom. The van der Waals surface area contributed by atoms with Crippen molar-refractivity contribution in [2.75, 3.05) is 54.0 Å². The molecule has 0 aromatic heterocycles. The van der Waals surface area contributed by atoms with Gasteiger partial charge in [-0.15, -0.1) is 0 Å². The topological polar surface area (TPSA) is 73.3 Å². The Morgan fingerprint density at radius 3 is 2.58 bits per heavy atom. The number of carboxylic acids is 1. The molecule has 1 fully saturated rings. The van der Waals surface area contributed by atoms with E-state index >= 15 is 0 Å². The standard InChI is InChI=1S/C12H23N3O4/c1-13(2)5-4-6-14(3)12(18)15-7-8-19-9-10(15)11(16)17/h10H,4-9H2,1-3H3,(H,16,17). The Hall–Kier alpha value is -1.34. The van der Waals surface area contributed by atoms with E-state index in [1.54, 1.807) is 11.9 Å². The van der Waals surface area contributed by atoms with Gasteiger partial charge in [0.2, 0.25) is 0 Å². The second kappa shape index (κ2) is 7.30. The SMILES string of the molecule is CN(C)CCCN(C)C(=O)N1CCOCC1C(=O)O. The first kappa shape index (κ1) is 15.7. The highest BCUT2D eigenvalue weighted by Gasteiger charge is 2.34. The maximum Gasteiger partial charge on any atom is 0.328 e. The molecule has 1 atom stereocenters. The summed E-state index contributed by atoms with van der Waals surface area (Å²) in [6.45, 7) is 2.28. The highest BCUT2D eigenvalue weighted by Crippen LogP contribution is 2.10. The molecule has 19 heavy (non-hydrogen) atoms. The molecule has 0 aliphatic carbocycles. The maximum absolute atomic E-state index is 12.2. The lowest BCUT2D eigenvalue weighted by atomic mass is 10.2. The van der Waals surface area contributed by atoms with Crippen LogP contribution in [0.3, 0.4) is 0 Å². The van der Waals surface area contributed by atoms with Gasteiger partial charge in [-0.25, -0.2) is 9.59 Å². The fraction of sp³-hybridized carbons (Fsp3) is 0.833. The van der Waals surface area contributed by atoms with Crippen molar-refractivity contribution in [1.82, 2.24) is 14.7 Å². The predicted molar refractivity (Wildman–Crippen MR) is 70.1 cm³/mol. The molecule has 1 rings (SSSR count). The zero-order valence-electron chi connectivity index (χ0n) is 11.8. The van der Waals surface area contributed by atoms with Gasteiger partial charge >= 0.3 is 12.0 Å². The number of urea groups is 1. The lowest BCUT2D eigenvalue weighted by molar-refractivity contribution is -0.147. The molecule has 1 saturated heterocycles. The smallest absolute Gasteiger partial charge is 0.328 e. The number of rotatable bonds is 5. The molecule has 1 aliphatic rings. The van der Waals surface area contributed by atoms with E-state index in [1.807, 2.05) is 19.0 Å². The van der Waals surface area contributed by atoms with Crippen LogP contribution in [0.1, 0.15) is 6.42 Å². The average Bonchev–Trinajstić information content (AvgIpc) is 2.37. The van der Waals surface area contributed by atoms with Gasteiger partial charge in [-0.05, 0) is 27.1 Å². The van der Waals surface area contributed by atoms with Crippen LogP contribution in [-0.2, 0) is 9.53 Å².